The van der Waals surface area contributed by atoms with E-state index in [0.29, 0.717) is 0 Å². The highest BCUT2D eigenvalue weighted by molar-refractivity contribution is 7.14. The van der Waals surface area contributed by atoms with E-state index in [0.717, 1.165) is 29.5 Å². The zero-order valence-corrected chi connectivity index (χ0v) is 15.0. The number of carbonyl (C=O) groups excluding carboxylic acids is 2. The minimum atomic E-state index is -0.588. The fourth-order valence-electron chi connectivity index (χ4n) is 1.89. The largest absolute Gasteiger partial charge is 0.355 e. The molecule has 0 saturated heterocycles. The van der Waals surface area contributed by atoms with E-state index in [4.69, 9.17) is 0 Å². The highest BCUT2D eigenvalue weighted by Gasteiger charge is 2.20. The fourth-order valence-corrected chi connectivity index (χ4v) is 2.61. The van der Waals surface area contributed by atoms with Crippen molar-refractivity contribution in [1.82, 2.24) is 10.3 Å². The van der Waals surface area contributed by atoms with Crippen LogP contribution in [0.25, 0.3) is 11.3 Å². The number of anilines is 1. The molecule has 0 fully saturated rings. The van der Waals surface area contributed by atoms with E-state index in [1.54, 1.807) is 20.8 Å². The van der Waals surface area contributed by atoms with Crippen molar-refractivity contribution in [2.45, 2.75) is 27.2 Å². The van der Waals surface area contributed by atoms with Gasteiger partial charge >= 0.3 is 0 Å². The quantitative estimate of drug-likeness (QED) is 0.849. The number of nitrogens with zero attached hydrogens (tertiary/aromatic N) is 1. The van der Waals surface area contributed by atoms with Gasteiger partial charge in [-0.3, -0.25) is 9.59 Å². The Labute approximate surface area is 148 Å². The van der Waals surface area contributed by atoms with Gasteiger partial charge in [0.15, 0.2) is 5.13 Å². The Morgan fingerprint density at radius 2 is 1.96 bits per heavy atom. The number of halogens is 2. The maximum Gasteiger partial charge on any atom is 0.227 e. The topological polar surface area (TPSA) is 71.1 Å². The fraction of sp³-hybridized carbons (Fsp3) is 0.353. The molecule has 1 heterocycles. The van der Waals surface area contributed by atoms with Crippen LogP contribution in [0.3, 0.4) is 0 Å². The average molecular weight is 367 g/mol. The Bertz CT molecular complexity index is 784. The lowest BCUT2D eigenvalue weighted by Crippen LogP contribution is -2.36. The summed E-state index contributed by atoms with van der Waals surface area (Å²) in [6.07, 6.45) is 0.0884. The van der Waals surface area contributed by atoms with Crippen LogP contribution in [0.1, 0.15) is 27.2 Å². The second kappa shape index (κ2) is 7.69. The number of rotatable bonds is 5. The molecule has 0 bridgehead atoms. The zero-order chi connectivity index (χ0) is 18.6. The van der Waals surface area contributed by atoms with Gasteiger partial charge in [0.1, 0.15) is 11.6 Å². The number of thiazole rings is 1. The third-order valence-corrected chi connectivity index (χ3v) is 4.03. The summed E-state index contributed by atoms with van der Waals surface area (Å²) in [5, 5.41) is 7.08. The molecule has 0 atom stereocenters. The van der Waals surface area contributed by atoms with Gasteiger partial charge in [-0.25, -0.2) is 13.8 Å². The van der Waals surface area contributed by atoms with Crippen molar-refractivity contribution in [2.24, 2.45) is 5.41 Å². The first-order valence-corrected chi connectivity index (χ1v) is 8.54. The Balaban J connectivity index is 1.92. The van der Waals surface area contributed by atoms with Gasteiger partial charge in [0.05, 0.1) is 5.69 Å². The number of hydrogen-bond acceptors (Lipinski definition) is 4. The summed E-state index contributed by atoms with van der Waals surface area (Å²) in [4.78, 5) is 27.7. The molecule has 134 valence electrons. The number of aromatic nitrogens is 1. The molecule has 2 rings (SSSR count). The molecule has 0 aliphatic rings. The standard InChI is InChI=1S/C17H19F2N3O2S/c1-17(2,3)15(24)20-7-6-14(23)22-16-21-13(9-25-16)11-8-10(18)4-5-12(11)19/h4-5,8-9H,6-7H2,1-3H3,(H,20,24)(H,21,22,23). The summed E-state index contributed by atoms with van der Waals surface area (Å²) >= 11 is 1.11. The lowest BCUT2D eigenvalue weighted by molar-refractivity contribution is -0.128. The molecule has 0 aliphatic heterocycles. The van der Waals surface area contributed by atoms with Gasteiger partial charge in [-0.1, -0.05) is 20.8 Å². The maximum atomic E-state index is 13.7. The van der Waals surface area contributed by atoms with Gasteiger partial charge in [0, 0.05) is 29.3 Å². The minimum absolute atomic E-state index is 0.0363. The van der Waals surface area contributed by atoms with E-state index in [1.807, 2.05) is 0 Å². The van der Waals surface area contributed by atoms with Crippen LogP contribution < -0.4 is 10.6 Å². The molecule has 5 nitrogen and oxygen atoms in total. The third-order valence-electron chi connectivity index (χ3n) is 3.27. The lowest BCUT2D eigenvalue weighted by atomic mass is 9.96. The van der Waals surface area contributed by atoms with Crippen LogP contribution in [0, 0.1) is 17.0 Å². The molecule has 8 heteroatoms. The molecule has 0 spiro atoms. The van der Waals surface area contributed by atoms with Crippen LogP contribution in [0.15, 0.2) is 23.6 Å². The monoisotopic (exact) mass is 367 g/mol. The molecular formula is C17H19F2N3O2S. The molecule has 2 N–H and O–H groups in total. The number of carbonyl (C=O) groups is 2. The predicted octanol–water partition coefficient (Wildman–Crippen LogP) is 3.58. The molecule has 2 aromatic rings. The van der Waals surface area contributed by atoms with Crippen molar-refractivity contribution in [3.8, 4) is 11.3 Å². The molecule has 0 unspecified atom stereocenters. The molecule has 1 aromatic carbocycles. The number of nitrogens with one attached hydrogen (secondary N) is 2. The Morgan fingerprint density at radius 3 is 2.64 bits per heavy atom. The normalized spacial score (nSPS) is 11.2. The van der Waals surface area contributed by atoms with Crippen molar-refractivity contribution in [3.05, 3.63) is 35.2 Å². The summed E-state index contributed by atoms with van der Waals surface area (Å²) in [7, 11) is 0. The van der Waals surface area contributed by atoms with E-state index >= 15 is 0 Å². The molecule has 25 heavy (non-hydrogen) atoms. The van der Waals surface area contributed by atoms with E-state index in [-0.39, 0.29) is 41.2 Å². The Hall–Kier alpha value is -2.35. The van der Waals surface area contributed by atoms with Crippen molar-refractivity contribution in [3.63, 3.8) is 0 Å². The van der Waals surface area contributed by atoms with E-state index in [1.165, 1.54) is 5.38 Å². The van der Waals surface area contributed by atoms with Crippen LogP contribution in [-0.2, 0) is 9.59 Å². The van der Waals surface area contributed by atoms with Gasteiger partial charge in [-0.2, -0.15) is 0 Å². The van der Waals surface area contributed by atoms with Crippen LogP contribution in [0.4, 0.5) is 13.9 Å². The molecule has 1 aromatic heterocycles. The van der Waals surface area contributed by atoms with E-state index < -0.39 is 17.0 Å². The zero-order valence-electron chi connectivity index (χ0n) is 14.2. The summed E-state index contributed by atoms with van der Waals surface area (Å²) in [5.74, 6) is -1.62. The van der Waals surface area contributed by atoms with Gasteiger partial charge < -0.3 is 10.6 Å². The van der Waals surface area contributed by atoms with E-state index in [2.05, 4.69) is 15.6 Å². The van der Waals surface area contributed by atoms with Crippen molar-refractivity contribution in [1.29, 1.82) is 0 Å². The lowest BCUT2D eigenvalue weighted by Gasteiger charge is -2.17. The average Bonchev–Trinajstić information content (AvgIpc) is 2.96. The first-order chi connectivity index (χ1) is 11.7. The SMILES string of the molecule is CC(C)(C)C(=O)NCCC(=O)Nc1nc(-c2cc(F)ccc2F)cs1. The van der Waals surface area contributed by atoms with Crippen LogP contribution in [0.2, 0.25) is 0 Å². The second-order valence-electron chi connectivity index (χ2n) is 6.47. The summed E-state index contributed by atoms with van der Waals surface area (Å²) < 4.78 is 27.0. The maximum absolute atomic E-state index is 13.7. The first kappa shape index (κ1) is 19.0. The van der Waals surface area contributed by atoms with Gasteiger partial charge in [-0.05, 0) is 18.2 Å². The summed E-state index contributed by atoms with van der Waals surface area (Å²) in [5.41, 5.74) is -0.233. The van der Waals surface area contributed by atoms with Gasteiger partial charge in [0.2, 0.25) is 11.8 Å². The number of benzene rings is 1. The highest BCUT2D eigenvalue weighted by atomic mass is 32.1. The predicted molar refractivity (Wildman–Crippen MR) is 93.2 cm³/mol. The van der Waals surface area contributed by atoms with Gasteiger partial charge in [0.25, 0.3) is 0 Å². The van der Waals surface area contributed by atoms with Crippen molar-refractivity contribution in [2.75, 3.05) is 11.9 Å². The van der Waals surface area contributed by atoms with Gasteiger partial charge in [-0.15, -0.1) is 11.3 Å². The van der Waals surface area contributed by atoms with Crippen molar-refractivity contribution < 1.29 is 18.4 Å². The first-order valence-electron chi connectivity index (χ1n) is 7.66. The van der Waals surface area contributed by atoms with Crippen LogP contribution in [-0.4, -0.2) is 23.3 Å². The summed E-state index contributed by atoms with van der Waals surface area (Å²) in [6.45, 7) is 5.56. The molecular weight excluding hydrogens is 348 g/mol. The highest BCUT2D eigenvalue weighted by Crippen LogP contribution is 2.27. The Kier molecular flexibility index (Phi) is 5.84. The van der Waals surface area contributed by atoms with Crippen molar-refractivity contribution >= 4 is 28.3 Å². The smallest absolute Gasteiger partial charge is 0.227 e. The molecule has 0 radical (unpaired) electrons. The minimum Gasteiger partial charge on any atom is -0.355 e. The molecule has 0 saturated carbocycles. The summed E-state index contributed by atoms with van der Waals surface area (Å²) in [6, 6.07) is 3.11. The molecule has 0 aliphatic carbocycles. The van der Waals surface area contributed by atoms with E-state index in [9.17, 15) is 18.4 Å². The van der Waals surface area contributed by atoms with Crippen LogP contribution in [0.5, 0.6) is 0 Å². The third kappa shape index (κ3) is 5.32. The molecule has 2 amide bonds. The van der Waals surface area contributed by atoms with Crippen LogP contribution >= 0.6 is 11.3 Å². The number of amides is 2. The number of hydrogen-bond donors (Lipinski definition) is 2. The second-order valence-corrected chi connectivity index (χ2v) is 7.32. The Morgan fingerprint density at radius 1 is 1.24 bits per heavy atom.